The molecule has 0 saturated carbocycles. The van der Waals surface area contributed by atoms with Crippen LogP contribution in [0.2, 0.25) is 5.02 Å². The second-order valence-corrected chi connectivity index (χ2v) is 4.96. The molecule has 22 heavy (non-hydrogen) atoms. The summed E-state index contributed by atoms with van der Waals surface area (Å²) in [5, 5.41) is 2.55. The molecule has 0 bridgehead atoms. The molecule has 6 heteroatoms. The van der Waals surface area contributed by atoms with Gasteiger partial charge in [-0.15, -0.1) is 0 Å². The number of carbonyl (C=O) groups excluding carboxylic acids is 1. The third kappa shape index (κ3) is 4.70. The van der Waals surface area contributed by atoms with Crippen molar-refractivity contribution in [2.45, 2.75) is 6.42 Å². The van der Waals surface area contributed by atoms with Crippen LogP contribution in [0.4, 0.5) is 8.78 Å². The summed E-state index contributed by atoms with van der Waals surface area (Å²) in [7, 11) is 0. The largest absolute Gasteiger partial charge is 0.484 e. The highest BCUT2D eigenvalue weighted by Crippen LogP contribution is 2.20. The number of amides is 1. The Labute approximate surface area is 131 Å². The first-order chi connectivity index (χ1) is 10.6. The Morgan fingerprint density at radius 3 is 2.64 bits per heavy atom. The molecule has 1 N–H and O–H groups in total. The van der Waals surface area contributed by atoms with Crippen molar-refractivity contribution >= 4 is 17.5 Å². The lowest BCUT2D eigenvalue weighted by atomic mass is 10.1. The maximum Gasteiger partial charge on any atom is 0.257 e. The summed E-state index contributed by atoms with van der Waals surface area (Å²) in [6.07, 6.45) is 0.390. The van der Waals surface area contributed by atoms with E-state index in [2.05, 4.69) is 5.32 Å². The highest BCUT2D eigenvalue weighted by atomic mass is 35.5. The van der Waals surface area contributed by atoms with Crippen LogP contribution in [0, 0.1) is 11.6 Å². The van der Waals surface area contributed by atoms with E-state index in [1.807, 2.05) is 0 Å². The number of ether oxygens (including phenoxy) is 1. The molecule has 116 valence electrons. The molecular weight excluding hydrogens is 312 g/mol. The van der Waals surface area contributed by atoms with Crippen molar-refractivity contribution in [3.8, 4) is 5.75 Å². The lowest BCUT2D eigenvalue weighted by Gasteiger charge is -2.08. The molecule has 0 radical (unpaired) electrons. The van der Waals surface area contributed by atoms with Crippen LogP contribution in [-0.2, 0) is 11.2 Å². The molecule has 2 aromatic carbocycles. The fourth-order valence-corrected chi connectivity index (χ4v) is 1.97. The Bertz CT molecular complexity index is 664. The van der Waals surface area contributed by atoms with E-state index in [1.165, 1.54) is 18.2 Å². The average molecular weight is 326 g/mol. The van der Waals surface area contributed by atoms with Gasteiger partial charge < -0.3 is 10.1 Å². The quantitative estimate of drug-likeness (QED) is 0.884. The minimum atomic E-state index is -0.552. The first kappa shape index (κ1) is 16.2. The van der Waals surface area contributed by atoms with Crippen LogP contribution in [0.15, 0.2) is 42.5 Å². The molecule has 0 aliphatic rings. The van der Waals surface area contributed by atoms with E-state index < -0.39 is 5.82 Å². The van der Waals surface area contributed by atoms with E-state index in [4.69, 9.17) is 16.3 Å². The van der Waals surface area contributed by atoms with Crippen LogP contribution in [-0.4, -0.2) is 19.1 Å². The Kier molecular flexibility index (Phi) is 5.72. The van der Waals surface area contributed by atoms with Crippen LogP contribution in [0.1, 0.15) is 5.56 Å². The van der Waals surface area contributed by atoms with Crippen LogP contribution in [0.5, 0.6) is 5.75 Å². The molecule has 3 nitrogen and oxygen atoms in total. The van der Waals surface area contributed by atoms with E-state index in [9.17, 15) is 13.6 Å². The number of rotatable bonds is 6. The molecule has 0 atom stereocenters. The average Bonchev–Trinajstić information content (AvgIpc) is 2.50. The van der Waals surface area contributed by atoms with Gasteiger partial charge in [-0.25, -0.2) is 8.78 Å². The summed E-state index contributed by atoms with van der Waals surface area (Å²) in [5.41, 5.74) is 0.536. The van der Waals surface area contributed by atoms with Crippen molar-refractivity contribution in [3.05, 3.63) is 64.7 Å². The maximum absolute atomic E-state index is 13.4. The number of halogens is 3. The molecule has 0 spiro atoms. The van der Waals surface area contributed by atoms with Gasteiger partial charge in [0.25, 0.3) is 5.91 Å². The van der Waals surface area contributed by atoms with Gasteiger partial charge in [-0.3, -0.25) is 4.79 Å². The molecule has 0 unspecified atom stereocenters. The van der Waals surface area contributed by atoms with Crippen molar-refractivity contribution in [3.63, 3.8) is 0 Å². The molecule has 0 aliphatic heterocycles. The molecule has 2 aromatic rings. The van der Waals surface area contributed by atoms with E-state index in [0.29, 0.717) is 24.3 Å². The van der Waals surface area contributed by atoms with Crippen LogP contribution < -0.4 is 10.1 Å². The van der Waals surface area contributed by atoms with E-state index in [1.54, 1.807) is 18.2 Å². The standard InChI is InChI=1S/C16H14ClF2NO2/c17-13-9-12(5-6-15(13)19)22-10-16(21)20-8-7-11-3-1-2-4-14(11)18/h1-6,9H,7-8,10H2,(H,20,21). The van der Waals surface area contributed by atoms with Gasteiger partial charge in [-0.2, -0.15) is 0 Å². The van der Waals surface area contributed by atoms with Gasteiger partial charge in [0, 0.05) is 12.6 Å². The predicted octanol–water partition coefficient (Wildman–Crippen LogP) is 3.36. The lowest BCUT2D eigenvalue weighted by Crippen LogP contribution is -2.30. The number of hydrogen-bond donors (Lipinski definition) is 1. The topological polar surface area (TPSA) is 38.3 Å². The van der Waals surface area contributed by atoms with Gasteiger partial charge in [0.1, 0.15) is 17.4 Å². The highest BCUT2D eigenvalue weighted by molar-refractivity contribution is 6.30. The van der Waals surface area contributed by atoms with Crippen LogP contribution in [0.3, 0.4) is 0 Å². The SMILES string of the molecule is O=C(COc1ccc(F)c(Cl)c1)NCCc1ccccc1F. The van der Waals surface area contributed by atoms with E-state index in [0.717, 1.165) is 6.07 Å². The second kappa shape index (κ2) is 7.75. The Hall–Kier alpha value is -2.14. The van der Waals surface area contributed by atoms with Crippen molar-refractivity contribution in [2.75, 3.05) is 13.2 Å². The summed E-state index contributed by atoms with van der Waals surface area (Å²) in [6.45, 7) is 0.0759. The Balaban J connectivity index is 1.74. The molecule has 0 saturated heterocycles. The van der Waals surface area contributed by atoms with Crippen molar-refractivity contribution in [1.82, 2.24) is 5.32 Å². The molecule has 0 aromatic heterocycles. The lowest BCUT2D eigenvalue weighted by molar-refractivity contribution is -0.123. The minimum Gasteiger partial charge on any atom is -0.484 e. The third-order valence-electron chi connectivity index (χ3n) is 2.94. The molecule has 0 aliphatic carbocycles. The molecule has 0 heterocycles. The van der Waals surface area contributed by atoms with E-state index >= 15 is 0 Å². The van der Waals surface area contributed by atoms with Crippen LogP contribution >= 0.6 is 11.6 Å². The first-order valence-electron chi connectivity index (χ1n) is 6.64. The van der Waals surface area contributed by atoms with Crippen molar-refractivity contribution in [2.24, 2.45) is 0 Å². The van der Waals surface area contributed by atoms with Gasteiger partial charge in [-0.1, -0.05) is 29.8 Å². The summed E-state index contributed by atoms with van der Waals surface area (Å²) < 4.78 is 31.5. The van der Waals surface area contributed by atoms with Gasteiger partial charge >= 0.3 is 0 Å². The fourth-order valence-electron chi connectivity index (χ4n) is 1.80. The summed E-state index contributed by atoms with van der Waals surface area (Å²) in [4.78, 5) is 11.6. The molecule has 1 amide bonds. The minimum absolute atomic E-state index is 0.0718. The Morgan fingerprint density at radius 2 is 1.91 bits per heavy atom. The van der Waals surface area contributed by atoms with Gasteiger partial charge in [0.2, 0.25) is 0 Å². The molecule has 2 rings (SSSR count). The zero-order valence-electron chi connectivity index (χ0n) is 11.6. The molecule has 0 fully saturated rings. The molecular formula is C16H14ClF2NO2. The summed E-state index contributed by atoms with van der Waals surface area (Å²) in [5.74, 6) is -0.898. The fraction of sp³-hybridized carbons (Fsp3) is 0.188. The Morgan fingerprint density at radius 1 is 1.14 bits per heavy atom. The normalized spacial score (nSPS) is 10.3. The smallest absolute Gasteiger partial charge is 0.257 e. The predicted molar refractivity (Wildman–Crippen MR) is 80.0 cm³/mol. The van der Waals surface area contributed by atoms with Gasteiger partial charge in [0.05, 0.1) is 5.02 Å². The zero-order chi connectivity index (χ0) is 15.9. The summed E-state index contributed by atoms with van der Waals surface area (Å²) in [6, 6.07) is 10.2. The first-order valence-corrected chi connectivity index (χ1v) is 7.02. The van der Waals surface area contributed by atoms with Crippen molar-refractivity contribution < 1.29 is 18.3 Å². The third-order valence-corrected chi connectivity index (χ3v) is 3.22. The number of carbonyl (C=O) groups is 1. The van der Waals surface area contributed by atoms with E-state index in [-0.39, 0.29) is 23.4 Å². The van der Waals surface area contributed by atoms with Gasteiger partial charge in [-0.05, 0) is 30.2 Å². The zero-order valence-corrected chi connectivity index (χ0v) is 12.4. The van der Waals surface area contributed by atoms with Crippen molar-refractivity contribution in [1.29, 1.82) is 0 Å². The number of nitrogens with one attached hydrogen (secondary N) is 1. The number of hydrogen-bond acceptors (Lipinski definition) is 2. The number of benzene rings is 2. The monoisotopic (exact) mass is 325 g/mol. The maximum atomic E-state index is 13.4. The van der Waals surface area contributed by atoms with Gasteiger partial charge in [0.15, 0.2) is 6.61 Å². The van der Waals surface area contributed by atoms with Crippen LogP contribution in [0.25, 0.3) is 0 Å². The highest BCUT2D eigenvalue weighted by Gasteiger charge is 2.06. The second-order valence-electron chi connectivity index (χ2n) is 4.56. The summed E-state index contributed by atoms with van der Waals surface area (Å²) >= 11 is 5.60.